The summed E-state index contributed by atoms with van der Waals surface area (Å²) in [6, 6.07) is 0. The molecule has 0 saturated carbocycles. The van der Waals surface area contributed by atoms with Crippen molar-refractivity contribution in [3.63, 3.8) is 0 Å². The number of nitrogens with zero attached hydrogens (tertiary/aromatic N) is 3. The Kier molecular flexibility index (Phi) is 6.01. The molecule has 2 N–H and O–H groups in total. The quantitative estimate of drug-likeness (QED) is 0.306. The minimum atomic E-state index is -0.783. The Hall–Kier alpha value is -1.03. The zero-order chi connectivity index (χ0) is 11.9. The third-order valence-electron chi connectivity index (χ3n) is 2.37. The van der Waals surface area contributed by atoms with Gasteiger partial charge in [-0.05, 0) is 25.3 Å². The summed E-state index contributed by atoms with van der Waals surface area (Å²) in [6.45, 7) is 5.30. The van der Waals surface area contributed by atoms with Crippen LogP contribution in [0.15, 0.2) is 16.8 Å². The molecule has 0 amide bonds. The van der Waals surface area contributed by atoms with E-state index in [0.717, 1.165) is 5.57 Å². The van der Waals surface area contributed by atoms with Crippen LogP contribution in [0, 0.1) is 0 Å². The Morgan fingerprint density at radius 3 is 2.67 bits per heavy atom. The van der Waals surface area contributed by atoms with Crippen LogP contribution < -0.4 is 0 Å². The molecular formula is C10H19N3O2. The van der Waals surface area contributed by atoms with Crippen molar-refractivity contribution in [2.75, 3.05) is 6.61 Å². The van der Waals surface area contributed by atoms with Crippen LogP contribution in [0.3, 0.4) is 0 Å². The zero-order valence-corrected chi connectivity index (χ0v) is 9.51. The smallest absolute Gasteiger partial charge is 0.0690 e. The molecule has 0 fully saturated rings. The molecule has 0 aliphatic rings. The number of hydrogen-bond donors (Lipinski definition) is 2. The van der Waals surface area contributed by atoms with Gasteiger partial charge in [0.25, 0.3) is 0 Å². The highest BCUT2D eigenvalue weighted by Gasteiger charge is 2.25. The van der Waals surface area contributed by atoms with E-state index in [0.29, 0.717) is 12.8 Å². The van der Waals surface area contributed by atoms with Crippen molar-refractivity contribution < 1.29 is 10.2 Å². The van der Waals surface area contributed by atoms with Crippen LogP contribution in [0.25, 0.3) is 10.4 Å². The monoisotopic (exact) mass is 213 g/mol. The highest BCUT2D eigenvalue weighted by molar-refractivity contribution is 4.99. The minimum absolute atomic E-state index is 0.0155. The molecule has 1 atom stereocenters. The molecule has 0 heterocycles. The molecule has 0 aromatic rings. The Morgan fingerprint density at radius 2 is 2.20 bits per heavy atom. The number of rotatable bonds is 6. The van der Waals surface area contributed by atoms with E-state index in [-0.39, 0.29) is 6.61 Å². The largest absolute Gasteiger partial charge is 0.392 e. The highest BCUT2D eigenvalue weighted by Crippen LogP contribution is 2.20. The molecule has 0 aromatic heterocycles. The van der Waals surface area contributed by atoms with Crippen LogP contribution in [-0.4, -0.2) is 28.5 Å². The molecule has 15 heavy (non-hydrogen) atoms. The summed E-state index contributed by atoms with van der Waals surface area (Å²) in [7, 11) is 0. The van der Waals surface area contributed by atoms with Gasteiger partial charge in [-0.2, -0.15) is 0 Å². The fraction of sp³-hybridized carbons (Fsp3) is 0.800. The molecule has 0 spiro atoms. The van der Waals surface area contributed by atoms with Gasteiger partial charge >= 0.3 is 0 Å². The van der Waals surface area contributed by atoms with Gasteiger partial charge in [-0.25, -0.2) is 0 Å². The summed E-state index contributed by atoms with van der Waals surface area (Å²) >= 11 is 0. The average Bonchev–Trinajstić information content (AvgIpc) is 2.14. The van der Waals surface area contributed by atoms with E-state index >= 15 is 0 Å². The molecule has 5 nitrogen and oxygen atoms in total. The molecule has 0 aromatic carbocycles. The second-order valence-corrected chi connectivity index (χ2v) is 4.13. The van der Waals surface area contributed by atoms with E-state index in [1.54, 1.807) is 19.9 Å². The third kappa shape index (κ3) is 5.42. The maximum absolute atomic E-state index is 9.77. The van der Waals surface area contributed by atoms with E-state index in [9.17, 15) is 5.11 Å². The van der Waals surface area contributed by atoms with Gasteiger partial charge in [-0.15, -0.1) is 0 Å². The van der Waals surface area contributed by atoms with Crippen molar-refractivity contribution >= 4 is 0 Å². The summed E-state index contributed by atoms with van der Waals surface area (Å²) in [5, 5.41) is 22.0. The highest BCUT2D eigenvalue weighted by atomic mass is 16.3. The predicted octanol–water partition coefficient (Wildman–Crippen LogP) is 2.16. The van der Waals surface area contributed by atoms with Gasteiger partial charge in [0.15, 0.2) is 0 Å². The Balaban J connectivity index is 4.20. The zero-order valence-electron chi connectivity index (χ0n) is 9.51. The number of azide groups is 1. The minimum Gasteiger partial charge on any atom is -0.392 e. The van der Waals surface area contributed by atoms with Gasteiger partial charge in [-0.1, -0.05) is 30.6 Å². The van der Waals surface area contributed by atoms with Crippen LogP contribution in [0.2, 0.25) is 0 Å². The molecule has 5 heteroatoms. The molecule has 1 unspecified atom stereocenters. The summed E-state index contributed by atoms with van der Waals surface area (Å²) in [4.78, 5) is 2.70. The Bertz CT molecular complexity index is 268. The van der Waals surface area contributed by atoms with Gasteiger partial charge in [0.2, 0.25) is 0 Å². The van der Waals surface area contributed by atoms with E-state index in [1.165, 1.54) is 0 Å². The van der Waals surface area contributed by atoms with Crippen molar-refractivity contribution in [2.45, 2.75) is 45.3 Å². The Morgan fingerprint density at radius 1 is 1.60 bits per heavy atom. The van der Waals surface area contributed by atoms with Gasteiger partial charge in [0.05, 0.1) is 18.2 Å². The number of allylic oxidation sites excluding steroid dienone is 1. The predicted molar refractivity (Wildman–Crippen MR) is 59.3 cm³/mol. The van der Waals surface area contributed by atoms with Crippen molar-refractivity contribution in [1.29, 1.82) is 0 Å². The van der Waals surface area contributed by atoms with Gasteiger partial charge in [0.1, 0.15) is 0 Å². The molecule has 0 rings (SSSR count). The lowest BCUT2D eigenvalue weighted by molar-refractivity contribution is 0.0957. The van der Waals surface area contributed by atoms with Gasteiger partial charge < -0.3 is 10.2 Å². The van der Waals surface area contributed by atoms with Crippen molar-refractivity contribution in [1.82, 2.24) is 0 Å². The lowest BCUT2D eigenvalue weighted by Crippen LogP contribution is -2.33. The van der Waals surface area contributed by atoms with E-state index in [2.05, 4.69) is 10.0 Å². The summed E-state index contributed by atoms with van der Waals surface area (Å²) in [5.74, 6) is 0. The molecule has 0 aliphatic carbocycles. The number of hydrogen-bond acceptors (Lipinski definition) is 3. The van der Waals surface area contributed by atoms with Gasteiger partial charge in [0, 0.05) is 4.91 Å². The SMILES string of the molecule is C/C(=C\CO)CCC(O)C(C)(C)N=[N+]=[N-]. The molecule has 86 valence electrons. The topological polar surface area (TPSA) is 89.2 Å². The maximum atomic E-state index is 9.77. The first kappa shape index (κ1) is 14.0. The molecule has 0 aliphatic heterocycles. The van der Waals surface area contributed by atoms with E-state index in [1.807, 2.05) is 6.92 Å². The second kappa shape index (κ2) is 6.45. The number of aliphatic hydroxyl groups is 2. The first-order valence-corrected chi connectivity index (χ1v) is 4.95. The standard InChI is InChI=1S/C10H19N3O2/c1-8(6-7-14)4-5-9(15)10(2,3)12-13-11/h6,9,14-15H,4-5,7H2,1-3H3/b8-6+. The van der Waals surface area contributed by atoms with Crippen LogP contribution in [-0.2, 0) is 0 Å². The van der Waals surface area contributed by atoms with Crippen molar-refractivity contribution in [3.8, 4) is 0 Å². The second-order valence-electron chi connectivity index (χ2n) is 4.13. The normalized spacial score (nSPS) is 14.6. The van der Waals surface area contributed by atoms with Crippen molar-refractivity contribution in [3.05, 3.63) is 22.1 Å². The lowest BCUT2D eigenvalue weighted by atomic mass is 9.93. The lowest BCUT2D eigenvalue weighted by Gasteiger charge is -2.25. The third-order valence-corrected chi connectivity index (χ3v) is 2.37. The summed E-state index contributed by atoms with van der Waals surface area (Å²) in [5.41, 5.74) is 8.55. The Labute approximate surface area is 90.1 Å². The van der Waals surface area contributed by atoms with Crippen molar-refractivity contribution in [2.24, 2.45) is 5.11 Å². The fourth-order valence-corrected chi connectivity index (χ4v) is 1.16. The van der Waals surface area contributed by atoms with Gasteiger partial charge in [-0.3, -0.25) is 0 Å². The summed E-state index contributed by atoms with van der Waals surface area (Å²) < 4.78 is 0. The fourth-order valence-electron chi connectivity index (χ4n) is 1.16. The molecule has 0 saturated heterocycles. The average molecular weight is 213 g/mol. The van der Waals surface area contributed by atoms with Crippen LogP contribution >= 0.6 is 0 Å². The van der Waals surface area contributed by atoms with Crippen LogP contribution in [0.5, 0.6) is 0 Å². The molecular weight excluding hydrogens is 194 g/mol. The first-order chi connectivity index (χ1) is 6.94. The summed E-state index contributed by atoms with van der Waals surface area (Å²) in [6.07, 6.45) is 2.24. The van der Waals surface area contributed by atoms with Crippen LogP contribution in [0.4, 0.5) is 0 Å². The first-order valence-electron chi connectivity index (χ1n) is 4.95. The van der Waals surface area contributed by atoms with Crippen LogP contribution in [0.1, 0.15) is 33.6 Å². The number of aliphatic hydroxyl groups excluding tert-OH is 2. The van der Waals surface area contributed by atoms with E-state index < -0.39 is 11.6 Å². The molecule has 0 radical (unpaired) electrons. The maximum Gasteiger partial charge on any atom is 0.0690 e. The molecule has 0 bridgehead atoms. The van der Waals surface area contributed by atoms with E-state index in [4.69, 9.17) is 10.6 Å².